The molecule has 6 nitrogen and oxygen atoms in total. The van der Waals surface area contributed by atoms with E-state index in [1.54, 1.807) is 11.8 Å². The Balaban J connectivity index is 0.000000221. The third kappa shape index (κ3) is 4.62. The highest BCUT2D eigenvalue weighted by molar-refractivity contribution is 8.06. The SMILES string of the molecule is CC1=CSC2=CC=C(Cl)NN12.[O-][Cl+3]([O-])([O-])O. The van der Waals surface area contributed by atoms with E-state index >= 15 is 0 Å². The Labute approximate surface area is 103 Å². The highest BCUT2D eigenvalue weighted by Crippen LogP contribution is 2.34. The zero-order chi connectivity index (χ0) is 12.3. The molecule has 90 valence electrons. The van der Waals surface area contributed by atoms with E-state index in [2.05, 4.69) is 10.8 Å². The molecule has 0 atom stereocenters. The average Bonchev–Trinajstić information content (AvgIpc) is 2.45. The highest BCUT2D eigenvalue weighted by Gasteiger charge is 2.20. The normalized spacial score (nSPS) is 18.6. The molecule has 0 fully saturated rings. The van der Waals surface area contributed by atoms with Crippen LogP contribution in [0.3, 0.4) is 0 Å². The maximum absolute atomic E-state index is 8.60. The number of hydrogen-bond donors (Lipinski definition) is 2. The molecule has 2 heterocycles. The molecule has 2 rings (SSSR count). The van der Waals surface area contributed by atoms with Crippen LogP contribution in [-0.2, 0) is 0 Å². The molecule has 0 aliphatic carbocycles. The van der Waals surface area contributed by atoms with Gasteiger partial charge in [0, 0.05) is 5.70 Å². The molecule has 0 unspecified atom stereocenters. The molecule has 2 N–H and O–H groups in total. The van der Waals surface area contributed by atoms with E-state index in [-0.39, 0.29) is 0 Å². The van der Waals surface area contributed by atoms with Crippen molar-refractivity contribution >= 4 is 23.4 Å². The van der Waals surface area contributed by atoms with Crippen LogP contribution in [0.5, 0.6) is 0 Å². The van der Waals surface area contributed by atoms with Crippen molar-refractivity contribution in [2.24, 2.45) is 0 Å². The van der Waals surface area contributed by atoms with Crippen LogP contribution in [0.1, 0.15) is 6.92 Å². The first-order valence-electron chi connectivity index (χ1n) is 3.88. The van der Waals surface area contributed by atoms with Gasteiger partial charge in [0.15, 0.2) is 0 Å². The standard InChI is InChI=1S/C7H7ClN2S.ClHO4/c1-5-4-11-7-3-2-6(8)9-10(5)7;2-1(3,4)5/h2-4,9H,1H3;(H,2,3,4,5). The second kappa shape index (κ2) is 5.28. The summed E-state index contributed by atoms with van der Waals surface area (Å²) in [4.78, 5) is 0. The zero-order valence-corrected chi connectivity index (χ0v) is 10.3. The molecule has 0 aromatic rings. The number of allylic oxidation sites excluding steroid dienone is 3. The molecule has 0 bridgehead atoms. The van der Waals surface area contributed by atoms with Gasteiger partial charge in [-0.3, -0.25) is 10.4 Å². The van der Waals surface area contributed by atoms with Crippen molar-refractivity contribution in [3.63, 3.8) is 0 Å². The van der Waals surface area contributed by atoms with Gasteiger partial charge in [0.25, 0.3) is 0 Å². The number of thioether (sulfide) groups is 1. The summed E-state index contributed by atoms with van der Waals surface area (Å²) in [5.74, 6) is 0. The third-order valence-electron chi connectivity index (χ3n) is 1.51. The minimum atomic E-state index is -4.69. The molecule has 0 aromatic heterocycles. The number of nitrogens with zero attached hydrogens (tertiary/aromatic N) is 1. The fourth-order valence-electron chi connectivity index (χ4n) is 0.970. The lowest BCUT2D eigenvalue weighted by Gasteiger charge is -2.24. The summed E-state index contributed by atoms with van der Waals surface area (Å²) in [6.07, 6.45) is 3.85. The summed E-state index contributed by atoms with van der Waals surface area (Å²) < 4.78 is 32.7. The highest BCUT2D eigenvalue weighted by atomic mass is 35.7. The lowest BCUT2D eigenvalue weighted by molar-refractivity contribution is -1.92. The Morgan fingerprint density at radius 1 is 1.44 bits per heavy atom. The largest absolute Gasteiger partial charge is 0.283 e. The van der Waals surface area contributed by atoms with E-state index in [1.807, 2.05) is 24.1 Å². The van der Waals surface area contributed by atoms with E-state index in [4.69, 9.17) is 30.2 Å². The maximum atomic E-state index is 8.60. The van der Waals surface area contributed by atoms with E-state index < -0.39 is 10.2 Å². The minimum absolute atomic E-state index is 0.656. The molecule has 2 aliphatic rings. The Hall–Kier alpha value is -0.410. The van der Waals surface area contributed by atoms with Crippen molar-refractivity contribution in [1.29, 1.82) is 0 Å². The van der Waals surface area contributed by atoms with Crippen LogP contribution >= 0.6 is 23.4 Å². The molecule has 0 aromatic carbocycles. The molecule has 9 heteroatoms. The Morgan fingerprint density at radius 3 is 2.56 bits per heavy atom. The fourth-order valence-corrected chi connectivity index (χ4v) is 1.96. The summed E-state index contributed by atoms with van der Waals surface area (Å²) in [5, 5.41) is 5.88. The van der Waals surface area contributed by atoms with Crippen LogP contribution in [0.25, 0.3) is 0 Å². The molecular weight excluding hydrogens is 279 g/mol. The predicted octanol–water partition coefficient (Wildman–Crippen LogP) is -1.79. The molecule has 2 aliphatic heterocycles. The number of nitrogens with one attached hydrogen (secondary N) is 1. The van der Waals surface area contributed by atoms with Crippen LogP contribution in [0.15, 0.2) is 33.4 Å². The van der Waals surface area contributed by atoms with E-state index in [0.717, 1.165) is 0 Å². The van der Waals surface area contributed by atoms with Crippen LogP contribution in [0, 0.1) is 10.2 Å². The van der Waals surface area contributed by atoms with Crippen molar-refractivity contribution in [2.45, 2.75) is 6.92 Å². The van der Waals surface area contributed by atoms with Gasteiger partial charge in [0.05, 0.1) is 14.9 Å². The summed E-state index contributed by atoms with van der Waals surface area (Å²) in [7, 11) is -4.69. The molecule has 0 radical (unpaired) electrons. The molecule has 0 spiro atoms. The lowest BCUT2D eigenvalue weighted by atomic mass is 10.4. The first-order valence-corrected chi connectivity index (χ1v) is 6.40. The average molecular weight is 287 g/mol. The van der Waals surface area contributed by atoms with E-state index in [1.165, 1.54) is 10.7 Å². The summed E-state index contributed by atoms with van der Waals surface area (Å²) in [6, 6.07) is 0. The number of halogens is 2. The second-order valence-electron chi connectivity index (χ2n) is 2.74. The predicted molar refractivity (Wildman–Crippen MR) is 50.6 cm³/mol. The summed E-state index contributed by atoms with van der Waals surface area (Å²) in [6.45, 7) is 2.04. The van der Waals surface area contributed by atoms with Crippen molar-refractivity contribution in [1.82, 2.24) is 10.4 Å². The summed E-state index contributed by atoms with van der Waals surface area (Å²) >= 11 is 7.47. The zero-order valence-electron chi connectivity index (χ0n) is 8.02. The minimum Gasteiger partial charge on any atom is -0.283 e. The molecule has 0 amide bonds. The number of hydrogen-bond acceptors (Lipinski definition) is 7. The molecule has 0 saturated carbocycles. The lowest BCUT2D eigenvalue weighted by Crippen LogP contribution is -2.58. The van der Waals surface area contributed by atoms with Gasteiger partial charge in [0.1, 0.15) is 10.2 Å². The Morgan fingerprint density at radius 2 is 2.00 bits per heavy atom. The van der Waals surface area contributed by atoms with E-state index in [0.29, 0.717) is 5.16 Å². The van der Waals surface area contributed by atoms with Gasteiger partial charge >= 0.3 is 0 Å². The van der Waals surface area contributed by atoms with Gasteiger partial charge in [-0.05, 0) is 24.5 Å². The van der Waals surface area contributed by atoms with Crippen LogP contribution in [-0.4, -0.2) is 9.67 Å². The molecule has 16 heavy (non-hydrogen) atoms. The monoisotopic (exact) mass is 286 g/mol. The van der Waals surface area contributed by atoms with Crippen molar-refractivity contribution in [2.75, 3.05) is 0 Å². The van der Waals surface area contributed by atoms with Gasteiger partial charge in [-0.15, -0.1) is 0 Å². The van der Waals surface area contributed by atoms with Crippen molar-refractivity contribution < 1.29 is 28.9 Å². The second-order valence-corrected chi connectivity index (χ2v) is 4.83. The number of hydrazine groups is 1. The maximum Gasteiger partial charge on any atom is 0.121 e. The van der Waals surface area contributed by atoms with Gasteiger partial charge in [-0.2, -0.15) is 14.0 Å². The quantitative estimate of drug-likeness (QED) is 0.507. The smallest absolute Gasteiger partial charge is 0.121 e. The van der Waals surface area contributed by atoms with Crippen LogP contribution in [0.4, 0.5) is 0 Å². The van der Waals surface area contributed by atoms with Crippen LogP contribution in [0.2, 0.25) is 0 Å². The topological polar surface area (TPSA) is 105 Å². The summed E-state index contributed by atoms with van der Waals surface area (Å²) in [5.41, 5.74) is 4.20. The first-order chi connectivity index (χ1) is 7.27. The van der Waals surface area contributed by atoms with Gasteiger partial charge in [-0.1, -0.05) is 23.4 Å². The Kier molecular flexibility index (Phi) is 4.51. The third-order valence-corrected chi connectivity index (χ3v) is 2.74. The van der Waals surface area contributed by atoms with E-state index in [9.17, 15) is 0 Å². The molecule has 0 saturated heterocycles. The number of rotatable bonds is 0. The number of fused-ring (bicyclic) bond motifs is 1. The fraction of sp³-hybridized carbons (Fsp3) is 0.143. The van der Waals surface area contributed by atoms with Crippen molar-refractivity contribution in [3.05, 3.63) is 33.4 Å². The van der Waals surface area contributed by atoms with Crippen LogP contribution < -0.4 is 19.4 Å². The molecular formula is C7H8Cl2N2O4S. The van der Waals surface area contributed by atoms with Gasteiger partial charge in [0.2, 0.25) is 0 Å². The van der Waals surface area contributed by atoms with Gasteiger partial charge < -0.3 is 0 Å². The Bertz CT molecular complexity index is 358. The first kappa shape index (κ1) is 13.7. The van der Waals surface area contributed by atoms with Gasteiger partial charge in [-0.25, -0.2) is 0 Å². The van der Waals surface area contributed by atoms with Crippen molar-refractivity contribution in [3.8, 4) is 0 Å².